The summed E-state index contributed by atoms with van der Waals surface area (Å²) < 4.78 is 0. The van der Waals surface area contributed by atoms with Crippen molar-refractivity contribution in [1.82, 2.24) is 0 Å². The maximum absolute atomic E-state index is 9.31. The Morgan fingerprint density at radius 1 is 1.36 bits per heavy atom. The lowest BCUT2D eigenvalue weighted by Crippen LogP contribution is -1.62. The van der Waals surface area contributed by atoms with E-state index < -0.39 is 0 Å². The van der Waals surface area contributed by atoms with Gasteiger partial charge in [0.15, 0.2) is 5.12 Å². The third-order valence-corrected chi connectivity index (χ3v) is 0.756. The molecule has 1 N–H and O–H groups in total. The summed E-state index contributed by atoms with van der Waals surface area (Å²) in [5.41, 5.74) is 0. The molecule has 0 saturated carbocycles. The normalized spacial score (nSPS) is 7.82. The SMILES string of the molecule is CC(=O)S.Oc1ccccc1. The molecule has 11 heavy (non-hydrogen) atoms. The highest BCUT2D eigenvalue weighted by Gasteiger charge is 1.74. The lowest BCUT2D eigenvalue weighted by atomic mass is 10.3. The zero-order valence-corrected chi connectivity index (χ0v) is 7.08. The number of carbonyl (C=O) groups is 1. The third-order valence-electron chi connectivity index (χ3n) is 0.756. The van der Waals surface area contributed by atoms with Gasteiger partial charge in [-0.3, -0.25) is 4.79 Å². The maximum atomic E-state index is 9.31. The predicted octanol–water partition coefficient (Wildman–Crippen LogP) is 1.85. The van der Waals surface area contributed by atoms with Gasteiger partial charge in [0.2, 0.25) is 0 Å². The van der Waals surface area contributed by atoms with E-state index >= 15 is 0 Å². The highest BCUT2D eigenvalue weighted by molar-refractivity contribution is 7.96. The Morgan fingerprint density at radius 2 is 1.73 bits per heavy atom. The molecule has 3 heteroatoms. The van der Waals surface area contributed by atoms with Crippen molar-refractivity contribution in [2.45, 2.75) is 6.92 Å². The van der Waals surface area contributed by atoms with E-state index in [1.54, 1.807) is 24.3 Å². The van der Waals surface area contributed by atoms with Crippen LogP contribution in [0.5, 0.6) is 5.75 Å². The second-order valence-corrected chi connectivity index (χ2v) is 2.48. The topological polar surface area (TPSA) is 37.3 Å². The van der Waals surface area contributed by atoms with Gasteiger partial charge < -0.3 is 5.11 Å². The number of phenols is 1. The molecule has 60 valence electrons. The third kappa shape index (κ3) is 9.04. The highest BCUT2D eigenvalue weighted by atomic mass is 32.1. The van der Waals surface area contributed by atoms with Crippen LogP contribution in [0.1, 0.15) is 6.92 Å². The summed E-state index contributed by atoms with van der Waals surface area (Å²) in [6.07, 6.45) is 0. The van der Waals surface area contributed by atoms with E-state index in [-0.39, 0.29) is 5.12 Å². The fourth-order valence-electron chi connectivity index (χ4n) is 0.428. The number of hydrogen-bond acceptors (Lipinski definition) is 2. The number of hydrogen-bond donors (Lipinski definition) is 2. The number of thiol groups is 1. The zero-order valence-electron chi connectivity index (χ0n) is 6.19. The fraction of sp³-hybridized carbons (Fsp3) is 0.125. The van der Waals surface area contributed by atoms with Crippen LogP contribution in [0.25, 0.3) is 0 Å². The maximum Gasteiger partial charge on any atom is 0.182 e. The van der Waals surface area contributed by atoms with Gasteiger partial charge in [0, 0.05) is 6.92 Å². The molecule has 0 spiro atoms. The Kier molecular flexibility index (Phi) is 5.29. The predicted molar refractivity (Wildman–Crippen MR) is 47.8 cm³/mol. The summed E-state index contributed by atoms with van der Waals surface area (Å²) in [5, 5.41) is 8.49. The molecule has 0 unspecified atom stereocenters. The molecule has 1 aromatic rings. The number of rotatable bonds is 0. The van der Waals surface area contributed by atoms with Crippen LogP contribution in [0.2, 0.25) is 0 Å². The molecule has 0 aliphatic rings. The van der Waals surface area contributed by atoms with Gasteiger partial charge >= 0.3 is 0 Å². The Morgan fingerprint density at radius 3 is 1.91 bits per heavy atom. The van der Waals surface area contributed by atoms with E-state index in [9.17, 15) is 4.79 Å². The molecule has 0 radical (unpaired) electrons. The largest absolute Gasteiger partial charge is 0.508 e. The number of benzene rings is 1. The minimum Gasteiger partial charge on any atom is -0.508 e. The van der Waals surface area contributed by atoms with Crippen LogP contribution >= 0.6 is 12.6 Å². The Bertz CT molecular complexity index is 205. The lowest BCUT2D eigenvalue weighted by molar-refractivity contribution is -0.108. The second kappa shape index (κ2) is 5.80. The lowest BCUT2D eigenvalue weighted by Gasteiger charge is -1.82. The minimum absolute atomic E-state index is 0.139. The van der Waals surface area contributed by atoms with Crippen LogP contribution in [0.15, 0.2) is 30.3 Å². The molecule has 0 saturated heterocycles. The van der Waals surface area contributed by atoms with Crippen LogP contribution < -0.4 is 0 Å². The van der Waals surface area contributed by atoms with E-state index in [1.807, 2.05) is 6.07 Å². The summed E-state index contributed by atoms with van der Waals surface area (Å²) in [6.45, 7) is 1.39. The van der Waals surface area contributed by atoms with Gasteiger partial charge in [0.25, 0.3) is 0 Å². The summed E-state index contributed by atoms with van der Waals surface area (Å²) in [6, 6.07) is 8.71. The van der Waals surface area contributed by atoms with Gasteiger partial charge in [-0.05, 0) is 12.1 Å². The van der Waals surface area contributed by atoms with Crippen molar-refractivity contribution < 1.29 is 9.90 Å². The van der Waals surface area contributed by atoms with Crippen LogP contribution in [0, 0.1) is 0 Å². The Balaban J connectivity index is 0.000000218. The van der Waals surface area contributed by atoms with Crippen molar-refractivity contribution in [2.75, 3.05) is 0 Å². The van der Waals surface area contributed by atoms with Gasteiger partial charge in [-0.15, -0.1) is 12.6 Å². The molecular weight excluding hydrogens is 160 g/mol. The molecule has 0 heterocycles. The first-order valence-corrected chi connectivity index (χ1v) is 3.51. The molecule has 0 aromatic heterocycles. The molecule has 0 bridgehead atoms. The van der Waals surface area contributed by atoms with Gasteiger partial charge in [-0.1, -0.05) is 18.2 Å². The van der Waals surface area contributed by atoms with Crippen molar-refractivity contribution in [3.63, 3.8) is 0 Å². The number of phenolic OH excluding ortho intramolecular Hbond substituents is 1. The molecular formula is C8H10O2S. The van der Waals surface area contributed by atoms with Gasteiger partial charge in [-0.2, -0.15) is 0 Å². The van der Waals surface area contributed by atoms with Crippen molar-refractivity contribution in [3.8, 4) is 5.75 Å². The number of aromatic hydroxyl groups is 1. The van der Waals surface area contributed by atoms with Crippen LogP contribution in [0.4, 0.5) is 0 Å². The average Bonchev–Trinajstić information content (AvgIpc) is 1.87. The molecule has 0 atom stereocenters. The summed E-state index contributed by atoms with van der Waals surface area (Å²) >= 11 is 3.33. The molecule has 1 aromatic carbocycles. The fourth-order valence-corrected chi connectivity index (χ4v) is 0.428. The first-order valence-electron chi connectivity index (χ1n) is 3.06. The molecule has 0 amide bonds. The van der Waals surface area contributed by atoms with E-state index in [4.69, 9.17) is 5.11 Å². The van der Waals surface area contributed by atoms with Gasteiger partial charge in [0.1, 0.15) is 5.75 Å². The highest BCUT2D eigenvalue weighted by Crippen LogP contribution is 2.02. The number of para-hydroxylation sites is 1. The van der Waals surface area contributed by atoms with E-state index in [0.29, 0.717) is 5.75 Å². The van der Waals surface area contributed by atoms with Crippen molar-refractivity contribution in [1.29, 1.82) is 0 Å². The van der Waals surface area contributed by atoms with Crippen molar-refractivity contribution in [2.24, 2.45) is 0 Å². The quantitative estimate of drug-likeness (QED) is 0.583. The van der Waals surface area contributed by atoms with Crippen LogP contribution in [-0.2, 0) is 4.79 Å². The smallest absolute Gasteiger partial charge is 0.182 e. The molecule has 1 rings (SSSR count). The van der Waals surface area contributed by atoms with Crippen molar-refractivity contribution in [3.05, 3.63) is 30.3 Å². The minimum atomic E-state index is -0.139. The first-order chi connectivity index (χ1) is 5.13. The van der Waals surface area contributed by atoms with Crippen LogP contribution in [0.3, 0.4) is 0 Å². The van der Waals surface area contributed by atoms with Crippen molar-refractivity contribution >= 4 is 17.7 Å². The van der Waals surface area contributed by atoms with E-state index in [0.717, 1.165) is 0 Å². The average molecular weight is 170 g/mol. The summed E-state index contributed by atoms with van der Waals surface area (Å²) in [7, 11) is 0. The zero-order chi connectivity index (χ0) is 8.69. The van der Waals surface area contributed by atoms with Crippen LogP contribution in [-0.4, -0.2) is 10.2 Å². The summed E-state index contributed by atoms with van der Waals surface area (Å²) in [4.78, 5) is 9.31. The Labute approximate surface area is 71.3 Å². The first kappa shape index (κ1) is 10.0. The second-order valence-electron chi connectivity index (χ2n) is 1.85. The summed E-state index contributed by atoms with van der Waals surface area (Å²) in [5.74, 6) is 0.322. The molecule has 0 fully saturated rings. The molecule has 0 aliphatic heterocycles. The number of carbonyl (C=O) groups excluding carboxylic acids is 1. The monoisotopic (exact) mass is 170 g/mol. The van der Waals surface area contributed by atoms with Gasteiger partial charge in [-0.25, -0.2) is 0 Å². The van der Waals surface area contributed by atoms with E-state index in [1.165, 1.54) is 6.92 Å². The Hall–Kier alpha value is -0.960. The molecule has 2 nitrogen and oxygen atoms in total. The molecule has 0 aliphatic carbocycles. The standard InChI is InChI=1S/C6H6O.C2H4OS/c7-6-4-2-1-3-5-6;1-2(3)4/h1-5,7H;1H3,(H,3,4). The van der Waals surface area contributed by atoms with Gasteiger partial charge in [0.05, 0.1) is 0 Å². The van der Waals surface area contributed by atoms with E-state index in [2.05, 4.69) is 12.6 Å².